The lowest BCUT2D eigenvalue weighted by Gasteiger charge is -2.08. The summed E-state index contributed by atoms with van der Waals surface area (Å²) >= 11 is 0. The molecular weight excluding hydrogens is 292 g/mol. The smallest absolute Gasteiger partial charge is 0.253 e. The van der Waals surface area contributed by atoms with Gasteiger partial charge in [0.25, 0.3) is 5.91 Å². The molecule has 0 aliphatic carbocycles. The summed E-state index contributed by atoms with van der Waals surface area (Å²) in [6.45, 7) is 0.988. The molecule has 0 saturated carbocycles. The predicted octanol–water partition coefficient (Wildman–Crippen LogP) is 2.61. The van der Waals surface area contributed by atoms with Crippen LogP contribution in [0.1, 0.15) is 21.7 Å². The molecule has 0 saturated heterocycles. The molecule has 3 aromatic heterocycles. The van der Waals surface area contributed by atoms with Gasteiger partial charge in [0.15, 0.2) is 0 Å². The van der Waals surface area contributed by atoms with Gasteiger partial charge in [-0.25, -0.2) is 0 Å². The number of carbonyl (C=O) groups is 1. The number of rotatable bonds is 6. The van der Waals surface area contributed by atoms with E-state index >= 15 is 0 Å². The van der Waals surface area contributed by atoms with Crippen LogP contribution in [0.5, 0.6) is 0 Å². The van der Waals surface area contributed by atoms with Gasteiger partial charge in [-0.1, -0.05) is 0 Å². The van der Waals surface area contributed by atoms with Gasteiger partial charge in [0, 0.05) is 31.3 Å². The first-order chi connectivity index (χ1) is 11.3. The largest absolute Gasteiger partial charge is 0.467 e. The van der Waals surface area contributed by atoms with Gasteiger partial charge in [-0.3, -0.25) is 14.8 Å². The molecular formula is C17H16N4O2. The number of pyridine rings is 2. The van der Waals surface area contributed by atoms with Crippen LogP contribution in [-0.4, -0.2) is 15.9 Å². The van der Waals surface area contributed by atoms with E-state index in [9.17, 15) is 4.79 Å². The van der Waals surface area contributed by atoms with Crippen molar-refractivity contribution >= 4 is 11.6 Å². The highest BCUT2D eigenvalue weighted by Gasteiger charge is 2.07. The van der Waals surface area contributed by atoms with Crippen molar-refractivity contribution in [2.75, 3.05) is 5.32 Å². The zero-order chi connectivity index (χ0) is 15.9. The van der Waals surface area contributed by atoms with Crippen LogP contribution in [0.15, 0.2) is 65.8 Å². The van der Waals surface area contributed by atoms with Gasteiger partial charge in [0.05, 0.1) is 24.1 Å². The van der Waals surface area contributed by atoms with Gasteiger partial charge in [-0.2, -0.15) is 0 Å². The minimum absolute atomic E-state index is 0.193. The number of aromatic nitrogens is 2. The molecule has 116 valence electrons. The molecule has 0 aromatic carbocycles. The fourth-order valence-corrected chi connectivity index (χ4v) is 2.05. The SMILES string of the molecule is O=C(NCc1ccco1)c1cncc(NCc2ccncc2)c1. The zero-order valence-electron chi connectivity index (χ0n) is 12.4. The van der Waals surface area contributed by atoms with Crippen LogP contribution in [-0.2, 0) is 13.1 Å². The van der Waals surface area contributed by atoms with E-state index in [1.54, 1.807) is 37.0 Å². The minimum Gasteiger partial charge on any atom is -0.467 e. The molecule has 0 aliphatic heterocycles. The van der Waals surface area contributed by atoms with E-state index in [1.165, 1.54) is 6.20 Å². The van der Waals surface area contributed by atoms with Crippen molar-refractivity contribution in [2.24, 2.45) is 0 Å². The third-order valence-electron chi connectivity index (χ3n) is 3.25. The van der Waals surface area contributed by atoms with E-state index in [2.05, 4.69) is 20.6 Å². The van der Waals surface area contributed by atoms with E-state index in [1.807, 2.05) is 18.2 Å². The number of amides is 1. The zero-order valence-corrected chi connectivity index (χ0v) is 12.4. The Kier molecular flexibility index (Phi) is 4.63. The average Bonchev–Trinajstić information content (AvgIpc) is 3.12. The van der Waals surface area contributed by atoms with E-state index < -0.39 is 0 Å². The molecule has 23 heavy (non-hydrogen) atoms. The van der Waals surface area contributed by atoms with Gasteiger partial charge in [-0.15, -0.1) is 0 Å². The summed E-state index contributed by atoms with van der Waals surface area (Å²) in [5.41, 5.74) is 2.39. The maximum absolute atomic E-state index is 12.1. The lowest BCUT2D eigenvalue weighted by atomic mass is 10.2. The summed E-state index contributed by atoms with van der Waals surface area (Å²) in [7, 11) is 0. The number of anilines is 1. The van der Waals surface area contributed by atoms with Crippen LogP contribution in [0.4, 0.5) is 5.69 Å². The van der Waals surface area contributed by atoms with Crippen LogP contribution in [0.25, 0.3) is 0 Å². The summed E-state index contributed by atoms with van der Waals surface area (Å²) < 4.78 is 5.18. The third-order valence-corrected chi connectivity index (χ3v) is 3.25. The Morgan fingerprint density at radius 2 is 1.96 bits per heavy atom. The molecule has 2 N–H and O–H groups in total. The molecule has 3 rings (SSSR count). The van der Waals surface area contributed by atoms with Crippen LogP contribution in [0.3, 0.4) is 0 Å². The highest BCUT2D eigenvalue weighted by Crippen LogP contribution is 2.10. The Morgan fingerprint density at radius 1 is 1.09 bits per heavy atom. The van der Waals surface area contributed by atoms with Crippen molar-refractivity contribution < 1.29 is 9.21 Å². The van der Waals surface area contributed by atoms with Crippen molar-refractivity contribution in [3.05, 3.63) is 78.3 Å². The first-order valence-electron chi connectivity index (χ1n) is 7.20. The second kappa shape index (κ2) is 7.22. The molecule has 0 unspecified atom stereocenters. The molecule has 1 amide bonds. The molecule has 3 heterocycles. The molecule has 3 aromatic rings. The number of hydrogen-bond acceptors (Lipinski definition) is 5. The second-order valence-corrected chi connectivity index (χ2v) is 4.93. The average molecular weight is 308 g/mol. The quantitative estimate of drug-likeness (QED) is 0.731. The molecule has 0 fully saturated rings. The normalized spacial score (nSPS) is 10.3. The lowest BCUT2D eigenvalue weighted by Crippen LogP contribution is -2.22. The summed E-state index contributed by atoms with van der Waals surface area (Å²) in [5, 5.41) is 6.03. The van der Waals surface area contributed by atoms with Crippen molar-refractivity contribution in [2.45, 2.75) is 13.1 Å². The van der Waals surface area contributed by atoms with E-state index in [0.29, 0.717) is 24.4 Å². The van der Waals surface area contributed by atoms with Crippen LogP contribution >= 0.6 is 0 Å². The Hall–Kier alpha value is -3.15. The monoisotopic (exact) mass is 308 g/mol. The van der Waals surface area contributed by atoms with Crippen LogP contribution in [0, 0.1) is 0 Å². The number of carbonyl (C=O) groups excluding carboxylic acids is 1. The van der Waals surface area contributed by atoms with Gasteiger partial charge >= 0.3 is 0 Å². The Labute approximate surface area is 133 Å². The van der Waals surface area contributed by atoms with Crippen LogP contribution in [0.2, 0.25) is 0 Å². The maximum atomic E-state index is 12.1. The molecule has 0 bridgehead atoms. The third kappa shape index (κ3) is 4.16. The molecule has 0 aliphatic rings. The predicted molar refractivity (Wildman–Crippen MR) is 85.7 cm³/mol. The van der Waals surface area contributed by atoms with Crippen molar-refractivity contribution in [1.82, 2.24) is 15.3 Å². The number of furan rings is 1. The van der Waals surface area contributed by atoms with Crippen molar-refractivity contribution in [3.8, 4) is 0 Å². The minimum atomic E-state index is -0.193. The molecule has 6 nitrogen and oxygen atoms in total. The first-order valence-corrected chi connectivity index (χ1v) is 7.20. The summed E-state index contributed by atoms with van der Waals surface area (Å²) in [6, 6.07) is 9.23. The Morgan fingerprint density at radius 3 is 2.74 bits per heavy atom. The molecule has 6 heteroatoms. The van der Waals surface area contributed by atoms with E-state index in [-0.39, 0.29) is 5.91 Å². The lowest BCUT2D eigenvalue weighted by molar-refractivity contribution is 0.0947. The first kappa shape index (κ1) is 14.8. The Balaban J connectivity index is 1.59. The van der Waals surface area contributed by atoms with Crippen molar-refractivity contribution in [1.29, 1.82) is 0 Å². The summed E-state index contributed by atoms with van der Waals surface area (Å²) in [5.74, 6) is 0.514. The van der Waals surface area contributed by atoms with Gasteiger partial charge in [-0.05, 0) is 35.9 Å². The molecule has 0 radical (unpaired) electrons. The highest BCUT2D eigenvalue weighted by molar-refractivity contribution is 5.94. The fraction of sp³-hybridized carbons (Fsp3) is 0.118. The topological polar surface area (TPSA) is 80.0 Å². The number of nitrogens with one attached hydrogen (secondary N) is 2. The summed E-state index contributed by atoms with van der Waals surface area (Å²) in [6.07, 6.45) is 8.29. The van der Waals surface area contributed by atoms with E-state index in [4.69, 9.17) is 4.42 Å². The fourth-order valence-electron chi connectivity index (χ4n) is 2.05. The maximum Gasteiger partial charge on any atom is 0.253 e. The second-order valence-electron chi connectivity index (χ2n) is 4.93. The van der Waals surface area contributed by atoms with Crippen molar-refractivity contribution in [3.63, 3.8) is 0 Å². The number of hydrogen-bond donors (Lipinski definition) is 2. The van der Waals surface area contributed by atoms with Gasteiger partial charge in [0.1, 0.15) is 5.76 Å². The summed E-state index contributed by atoms with van der Waals surface area (Å²) in [4.78, 5) is 20.2. The highest BCUT2D eigenvalue weighted by atomic mass is 16.3. The number of nitrogens with zero attached hydrogens (tertiary/aromatic N) is 2. The van der Waals surface area contributed by atoms with E-state index in [0.717, 1.165) is 11.3 Å². The molecule has 0 atom stereocenters. The van der Waals surface area contributed by atoms with Crippen LogP contribution < -0.4 is 10.6 Å². The van der Waals surface area contributed by atoms with Gasteiger partial charge < -0.3 is 15.1 Å². The molecule has 0 spiro atoms. The van der Waals surface area contributed by atoms with Gasteiger partial charge in [0.2, 0.25) is 0 Å². The Bertz CT molecular complexity index is 757. The standard InChI is InChI=1S/C17H16N4O2/c22-17(21-12-16-2-1-7-23-16)14-8-15(11-19-10-14)20-9-13-3-5-18-6-4-13/h1-8,10-11,20H,9,12H2,(H,21,22).